The predicted molar refractivity (Wildman–Crippen MR) is 92.0 cm³/mol. The number of nitrogens with zero attached hydrogens (tertiary/aromatic N) is 2. The highest BCUT2D eigenvalue weighted by Crippen LogP contribution is 2.49. The third-order valence-corrected chi connectivity index (χ3v) is 4.91. The molecule has 1 unspecified atom stereocenters. The molecule has 0 spiro atoms. The van der Waals surface area contributed by atoms with E-state index in [1.165, 1.54) is 12.8 Å². The lowest BCUT2D eigenvalue weighted by Crippen LogP contribution is -2.27. The molecule has 7 heteroatoms. The molecule has 4 rings (SSSR count). The van der Waals surface area contributed by atoms with Crippen LogP contribution in [-0.4, -0.2) is 57.4 Å². The molecule has 3 heterocycles. The number of ether oxygens (including phenoxy) is 4. The first-order valence-corrected chi connectivity index (χ1v) is 8.76. The zero-order valence-corrected chi connectivity index (χ0v) is 14.7. The molecule has 0 saturated carbocycles. The van der Waals surface area contributed by atoms with Crippen molar-refractivity contribution in [3.8, 4) is 23.0 Å². The van der Waals surface area contributed by atoms with Gasteiger partial charge in [0.25, 0.3) is 0 Å². The molecule has 1 atom stereocenters. The number of likely N-dealkylation sites (tertiary alicyclic amines) is 1. The average molecular weight is 348 g/mol. The van der Waals surface area contributed by atoms with Gasteiger partial charge in [-0.3, -0.25) is 4.90 Å². The molecule has 0 radical (unpaired) electrons. The van der Waals surface area contributed by atoms with Gasteiger partial charge in [0.2, 0.25) is 18.3 Å². The van der Waals surface area contributed by atoms with Crippen LogP contribution in [0.2, 0.25) is 0 Å². The highest BCUT2D eigenvalue weighted by atomic mass is 16.7. The van der Waals surface area contributed by atoms with Gasteiger partial charge in [0.1, 0.15) is 6.10 Å². The van der Waals surface area contributed by atoms with Crippen LogP contribution in [0.1, 0.15) is 24.8 Å². The Morgan fingerprint density at radius 1 is 1.16 bits per heavy atom. The summed E-state index contributed by atoms with van der Waals surface area (Å²) < 4.78 is 22.1. The number of hydrogen-bond acceptors (Lipinski definition) is 7. The molecule has 136 valence electrons. The quantitative estimate of drug-likeness (QED) is 0.786. The van der Waals surface area contributed by atoms with Gasteiger partial charge in [0, 0.05) is 24.9 Å². The number of rotatable bonds is 6. The Morgan fingerprint density at radius 3 is 2.72 bits per heavy atom. The Balaban J connectivity index is 1.46. The van der Waals surface area contributed by atoms with E-state index in [-0.39, 0.29) is 12.9 Å². The Morgan fingerprint density at radius 2 is 1.96 bits per heavy atom. The zero-order chi connectivity index (χ0) is 17.2. The topological polar surface area (TPSA) is 61.8 Å². The van der Waals surface area contributed by atoms with Crippen molar-refractivity contribution in [3.05, 3.63) is 11.6 Å². The molecule has 0 bridgehead atoms. The van der Waals surface area contributed by atoms with Gasteiger partial charge in [0.15, 0.2) is 11.5 Å². The van der Waals surface area contributed by atoms with Gasteiger partial charge >= 0.3 is 0 Å². The van der Waals surface area contributed by atoms with Crippen molar-refractivity contribution >= 4 is 5.71 Å². The van der Waals surface area contributed by atoms with Gasteiger partial charge in [-0.05, 0) is 32.0 Å². The third-order valence-electron chi connectivity index (χ3n) is 4.91. The van der Waals surface area contributed by atoms with Gasteiger partial charge in [-0.2, -0.15) is 0 Å². The highest BCUT2D eigenvalue weighted by molar-refractivity contribution is 5.87. The van der Waals surface area contributed by atoms with Crippen molar-refractivity contribution in [1.82, 2.24) is 4.90 Å². The molecule has 1 saturated heterocycles. The van der Waals surface area contributed by atoms with Gasteiger partial charge in [-0.15, -0.1) is 0 Å². The number of oxime groups is 1. The smallest absolute Gasteiger partial charge is 0.231 e. The molecule has 1 aromatic carbocycles. The Labute approximate surface area is 147 Å². The van der Waals surface area contributed by atoms with Crippen LogP contribution < -0.4 is 18.9 Å². The molecule has 1 fully saturated rings. The Bertz CT molecular complexity index is 670. The summed E-state index contributed by atoms with van der Waals surface area (Å²) in [4.78, 5) is 8.10. The van der Waals surface area contributed by atoms with E-state index >= 15 is 0 Å². The molecular formula is C18H24N2O5. The summed E-state index contributed by atoms with van der Waals surface area (Å²) in [6.07, 6.45) is 4.11. The second-order valence-electron chi connectivity index (χ2n) is 6.61. The SMILES string of the molecule is COc1cc(CC2CC(CN3CCCC3)=NO2)c(OC)c2c1OCO2. The summed E-state index contributed by atoms with van der Waals surface area (Å²) >= 11 is 0. The molecule has 3 aliphatic rings. The largest absolute Gasteiger partial charge is 0.493 e. The van der Waals surface area contributed by atoms with E-state index in [0.717, 1.165) is 37.3 Å². The fraction of sp³-hybridized carbons (Fsp3) is 0.611. The first kappa shape index (κ1) is 16.3. The molecule has 0 amide bonds. The number of benzene rings is 1. The fourth-order valence-corrected chi connectivity index (χ4v) is 3.73. The second-order valence-corrected chi connectivity index (χ2v) is 6.61. The van der Waals surface area contributed by atoms with Crippen molar-refractivity contribution in [2.24, 2.45) is 5.16 Å². The Hall–Kier alpha value is -2.15. The third kappa shape index (κ3) is 3.20. The van der Waals surface area contributed by atoms with E-state index in [4.69, 9.17) is 23.8 Å². The van der Waals surface area contributed by atoms with Crippen molar-refractivity contribution in [1.29, 1.82) is 0 Å². The van der Waals surface area contributed by atoms with E-state index in [2.05, 4.69) is 10.1 Å². The maximum atomic E-state index is 5.67. The molecule has 1 aromatic rings. The summed E-state index contributed by atoms with van der Waals surface area (Å²) in [6.45, 7) is 3.42. The first-order chi connectivity index (χ1) is 12.3. The van der Waals surface area contributed by atoms with Gasteiger partial charge in [0.05, 0.1) is 19.9 Å². The first-order valence-electron chi connectivity index (χ1n) is 8.76. The molecule has 0 N–H and O–H groups in total. The molecule has 25 heavy (non-hydrogen) atoms. The number of methoxy groups -OCH3 is 2. The molecule has 0 aromatic heterocycles. The van der Waals surface area contributed by atoms with Gasteiger partial charge in [-0.1, -0.05) is 5.16 Å². The number of hydrogen-bond donors (Lipinski definition) is 0. The minimum absolute atomic E-state index is 0.0107. The minimum atomic E-state index is 0.0107. The molecular weight excluding hydrogens is 324 g/mol. The lowest BCUT2D eigenvalue weighted by molar-refractivity contribution is 0.0852. The van der Waals surface area contributed by atoms with Crippen LogP contribution in [0.3, 0.4) is 0 Å². The minimum Gasteiger partial charge on any atom is -0.493 e. The fourth-order valence-electron chi connectivity index (χ4n) is 3.73. The van der Waals surface area contributed by atoms with Crippen LogP contribution >= 0.6 is 0 Å². The van der Waals surface area contributed by atoms with E-state index in [1.807, 2.05) is 6.07 Å². The maximum absolute atomic E-state index is 5.67. The van der Waals surface area contributed by atoms with E-state index in [9.17, 15) is 0 Å². The predicted octanol–water partition coefficient (Wildman–Crippen LogP) is 2.22. The summed E-state index contributed by atoms with van der Waals surface area (Å²) in [5.41, 5.74) is 2.10. The van der Waals surface area contributed by atoms with E-state index in [1.54, 1.807) is 14.2 Å². The van der Waals surface area contributed by atoms with E-state index in [0.29, 0.717) is 29.4 Å². The standard InChI is InChI=1S/C18H24N2O5/c1-21-15-8-12(16(22-2)18-17(15)23-11-24-18)7-14-9-13(19-25-14)10-20-5-3-4-6-20/h8,14H,3-7,9-11H2,1-2H3. The maximum Gasteiger partial charge on any atom is 0.231 e. The average Bonchev–Trinajstić information content (AvgIpc) is 3.36. The van der Waals surface area contributed by atoms with Crippen molar-refractivity contribution in [2.45, 2.75) is 31.8 Å². The lowest BCUT2D eigenvalue weighted by atomic mass is 10.0. The van der Waals surface area contributed by atoms with Gasteiger partial charge < -0.3 is 23.8 Å². The second kappa shape index (κ2) is 7.00. The lowest BCUT2D eigenvalue weighted by Gasteiger charge is -2.16. The summed E-state index contributed by atoms with van der Waals surface area (Å²) in [6, 6.07) is 1.94. The van der Waals surface area contributed by atoms with Crippen molar-refractivity contribution < 1.29 is 23.8 Å². The monoisotopic (exact) mass is 348 g/mol. The Kier molecular flexibility index (Phi) is 4.57. The molecule has 7 nitrogen and oxygen atoms in total. The highest BCUT2D eigenvalue weighted by Gasteiger charge is 2.30. The zero-order valence-electron chi connectivity index (χ0n) is 14.7. The molecule has 0 aliphatic carbocycles. The molecule has 3 aliphatic heterocycles. The summed E-state index contributed by atoms with van der Waals surface area (Å²) in [5, 5.41) is 4.29. The van der Waals surface area contributed by atoms with Crippen LogP contribution in [0.5, 0.6) is 23.0 Å². The van der Waals surface area contributed by atoms with Crippen LogP contribution in [0.25, 0.3) is 0 Å². The van der Waals surface area contributed by atoms with Gasteiger partial charge in [-0.25, -0.2) is 0 Å². The van der Waals surface area contributed by atoms with Crippen LogP contribution in [-0.2, 0) is 11.3 Å². The normalized spacial score (nSPS) is 22.0. The van der Waals surface area contributed by atoms with Crippen LogP contribution in [0.15, 0.2) is 11.2 Å². The van der Waals surface area contributed by atoms with Crippen molar-refractivity contribution in [3.63, 3.8) is 0 Å². The van der Waals surface area contributed by atoms with Crippen LogP contribution in [0.4, 0.5) is 0 Å². The summed E-state index contributed by atoms with van der Waals surface area (Å²) in [5.74, 6) is 2.54. The number of fused-ring (bicyclic) bond motifs is 1. The van der Waals surface area contributed by atoms with Crippen LogP contribution in [0, 0.1) is 0 Å². The summed E-state index contributed by atoms with van der Waals surface area (Å²) in [7, 11) is 3.26. The van der Waals surface area contributed by atoms with E-state index < -0.39 is 0 Å². The van der Waals surface area contributed by atoms with Crippen molar-refractivity contribution in [2.75, 3.05) is 40.6 Å².